The number of ketones is 1. The molecule has 0 radical (unpaired) electrons. The molecule has 0 aliphatic carbocycles. The Bertz CT molecular complexity index is 690. The molecule has 0 aliphatic heterocycles. The number of nitrogens with zero attached hydrogens (tertiary/aromatic N) is 3. The standard InChI is InChI=1S/C13H12N4O4/c1-9(18)10-2-4-11(5-3-10)15-13(19)7-16-6-12(14-8-16)17(20)21/h2-6,8H,7H2,1H3,(H,15,19). The first-order valence-electron chi connectivity index (χ1n) is 6.03. The number of nitro groups is 1. The van der Waals surface area contributed by atoms with Crippen molar-refractivity contribution in [3.8, 4) is 0 Å². The summed E-state index contributed by atoms with van der Waals surface area (Å²) in [6, 6.07) is 6.45. The summed E-state index contributed by atoms with van der Waals surface area (Å²) in [6.07, 6.45) is 2.40. The van der Waals surface area contributed by atoms with Crippen LogP contribution in [0, 0.1) is 10.1 Å². The van der Waals surface area contributed by atoms with Crippen molar-refractivity contribution in [1.29, 1.82) is 0 Å². The summed E-state index contributed by atoms with van der Waals surface area (Å²) in [7, 11) is 0. The fraction of sp³-hybridized carbons (Fsp3) is 0.154. The van der Waals surface area contributed by atoms with Crippen molar-refractivity contribution < 1.29 is 14.5 Å². The number of carbonyl (C=O) groups is 2. The Hall–Kier alpha value is -3.03. The van der Waals surface area contributed by atoms with Crippen LogP contribution in [0.1, 0.15) is 17.3 Å². The van der Waals surface area contributed by atoms with Gasteiger partial charge in [0, 0.05) is 11.3 Å². The van der Waals surface area contributed by atoms with E-state index in [0.29, 0.717) is 11.3 Å². The van der Waals surface area contributed by atoms with Gasteiger partial charge in [0.25, 0.3) is 0 Å². The first kappa shape index (κ1) is 14.4. The minimum Gasteiger partial charge on any atom is -0.358 e. The Labute approximate surface area is 119 Å². The summed E-state index contributed by atoms with van der Waals surface area (Å²) in [6.45, 7) is 1.37. The molecular formula is C13H12N4O4. The maximum atomic E-state index is 11.8. The van der Waals surface area contributed by atoms with E-state index in [1.165, 1.54) is 24.0 Å². The molecule has 108 valence electrons. The molecule has 1 heterocycles. The lowest BCUT2D eigenvalue weighted by molar-refractivity contribution is -0.389. The van der Waals surface area contributed by atoms with E-state index in [2.05, 4.69) is 10.3 Å². The predicted octanol–water partition coefficient (Wildman–Crippen LogP) is 1.63. The molecule has 0 bridgehead atoms. The van der Waals surface area contributed by atoms with Crippen molar-refractivity contribution in [3.63, 3.8) is 0 Å². The van der Waals surface area contributed by atoms with E-state index in [-0.39, 0.29) is 24.1 Å². The van der Waals surface area contributed by atoms with E-state index in [1.54, 1.807) is 24.3 Å². The third-order valence-electron chi connectivity index (χ3n) is 2.71. The number of anilines is 1. The minimum atomic E-state index is -0.630. The highest BCUT2D eigenvalue weighted by Crippen LogP contribution is 2.11. The smallest absolute Gasteiger partial charge is 0.358 e. The van der Waals surface area contributed by atoms with Crippen LogP contribution in [0.2, 0.25) is 0 Å². The zero-order chi connectivity index (χ0) is 15.4. The molecule has 0 saturated carbocycles. The second kappa shape index (κ2) is 5.95. The van der Waals surface area contributed by atoms with Gasteiger partial charge in [-0.2, -0.15) is 0 Å². The number of amides is 1. The second-order valence-electron chi connectivity index (χ2n) is 4.34. The van der Waals surface area contributed by atoms with Crippen LogP contribution >= 0.6 is 0 Å². The molecule has 0 atom stereocenters. The third kappa shape index (κ3) is 3.72. The van der Waals surface area contributed by atoms with E-state index in [1.807, 2.05) is 0 Å². The van der Waals surface area contributed by atoms with Crippen molar-refractivity contribution in [2.24, 2.45) is 0 Å². The van der Waals surface area contributed by atoms with E-state index in [9.17, 15) is 19.7 Å². The predicted molar refractivity (Wildman–Crippen MR) is 74.0 cm³/mol. The van der Waals surface area contributed by atoms with Crippen LogP contribution < -0.4 is 5.32 Å². The lowest BCUT2D eigenvalue weighted by Gasteiger charge is -2.05. The number of aromatic nitrogens is 2. The van der Waals surface area contributed by atoms with Crippen LogP contribution in [0.3, 0.4) is 0 Å². The average Bonchev–Trinajstić information content (AvgIpc) is 2.87. The number of imidazole rings is 1. The summed E-state index contributed by atoms with van der Waals surface area (Å²) in [5, 5.41) is 13.1. The van der Waals surface area contributed by atoms with Crippen LogP contribution in [0.4, 0.5) is 11.5 Å². The second-order valence-corrected chi connectivity index (χ2v) is 4.34. The normalized spacial score (nSPS) is 10.1. The van der Waals surface area contributed by atoms with Gasteiger partial charge in [-0.05, 0) is 41.1 Å². The molecule has 1 N–H and O–H groups in total. The molecule has 8 nitrogen and oxygen atoms in total. The Kier molecular flexibility index (Phi) is 4.07. The maximum absolute atomic E-state index is 11.8. The lowest BCUT2D eigenvalue weighted by atomic mass is 10.1. The van der Waals surface area contributed by atoms with Crippen LogP contribution in [-0.2, 0) is 11.3 Å². The van der Waals surface area contributed by atoms with Gasteiger partial charge in [-0.1, -0.05) is 0 Å². The summed E-state index contributed by atoms with van der Waals surface area (Å²) in [5.74, 6) is -0.718. The number of carbonyl (C=O) groups excluding carboxylic acids is 2. The van der Waals surface area contributed by atoms with Gasteiger partial charge < -0.3 is 20.0 Å². The van der Waals surface area contributed by atoms with Crippen LogP contribution in [0.25, 0.3) is 0 Å². The van der Waals surface area contributed by atoms with Crippen molar-refractivity contribution >= 4 is 23.2 Å². The number of Topliss-reactive ketones (excluding diaryl/α,β-unsaturated/α-hetero) is 1. The quantitative estimate of drug-likeness (QED) is 0.511. The zero-order valence-corrected chi connectivity index (χ0v) is 11.1. The van der Waals surface area contributed by atoms with Gasteiger partial charge in [-0.3, -0.25) is 9.59 Å². The molecule has 1 amide bonds. The van der Waals surface area contributed by atoms with Gasteiger partial charge >= 0.3 is 5.82 Å². The molecule has 0 saturated heterocycles. The average molecular weight is 288 g/mol. The van der Waals surface area contributed by atoms with Gasteiger partial charge in [0.05, 0.1) is 0 Å². The van der Waals surface area contributed by atoms with Gasteiger partial charge in [0.2, 0.25) is 12.2 Å². The van der Waals surface area contributed by atoms with Crippen LogP contribution in [0.15, 0.2) is 36.8 Å². The first-order valence-corrected chi connectivity index (χ1v) is 6.03. The molecule has 1 aromatic heterocycles. The molecular weight excluding hydrogens is 276 g/mol. The van der Waals surface area contributed by atoms with Crippen LogP contribution in [0.5, 0.6) is 0 Å². The maximum Gasteiger partial charge on any atom is 0.381 e. The summed E-state index contributed by atoms with van der Waals surface area (Å²) in [5.41, 5.74) is 1.10. The van der Waals surface area contributed by atoms with Crippen LogP contribution in [-0.4, -0.2) is 26.2 Å². The van der Waals surface area contributed by atoms with E-state index in [4.69, 9.17) is 0 Å². The van der Waals surface area contributed by atoms with Gasteiger partial charge in [-0.15, -0.1) is 0 Å². The SMILES string of the molecule is CC(=O)c1ccc(NC(=O)Cn2cnc([N+](=O)[O-])c2)cc1. The molecule has 0 fully saturated rings. The number of nitrogens with one attached hydrogen (secondary N) is 1. The first-order chi connectivity index (χ1) is 9.95. The van der Waals surface area contributed by atoms with E-state index < -0.39 is 4.92 Å². The van der Waals surface area contributed by atoms with Gasteiger partial charge in [0.15, 0.2) is 5.78 Å². The topological polar surface area (TPSA) is 107 Å². The molecule has 2 rings (SSSR count). The highest BCUT2D eigenvalue weighted by Gasteiger charge is 2.12. The van der Waals surface area contributed by atoms with Gasteiger partial charge in [0.1, 0.15) is 12.7 Å². The molecule has 1 aromatic carbocycles. The highest BCUT2D eigenvalue weighted by atomic mass is 16.6. The summed E-state index contributed by atoms with van der Waals surface area (Å²) in [4.78, 5) is 36.3. The van der Waals surface area contributed by atoms with E-state index in [0.717, 1.165) is 0 Å². The molecule has 2 aromatic rings. The van der Waals surface area contributed by atoms with Crippen molar-refractivity contribution in [1.82, 2.24) is 9.55 Å². The Morgan fingerprint density at radius 1 is 1.33 bits per heavy atom. The van der Waals surface area contributed by atoms with Crippen molar-refractivity contribution in [2.75, 3.05) is 5.32 Å². The highest BCUT2D eigenvalue weighted by molar-refractivity contribution is 5.95. The number of hydrogen-bond donors (Lipinski definition) is 1. The fourth-order valence-corrected chi connectivity index (χ4v) is 1.68. The molecule has 21 heavy (non-hydrogen) atoms. The summed E-state index contributed by atoms with van der Waals surface area (Å²) >= 11 is 0. The molecule has 0 spiro atoms. The Morgan fingerprint density at radius 3 is 2.52 bits per heavy atom. The zero-order valence-electron chi connectivity index (χ0n) is 11.1. The lowest BCUT2D eigenvalue weighted by Crippen LogP contribution is -2.17. The van der Waals surface area contributed by atoms with Gasteiger partial charge in [-0.25, -0.2) is 0 Å². The largest absolute Gasteiger partial charge is 0.381 e. The fourth-order valence-electron chi connectivity index (χ4n) is 1.68. The Balaban J connectivity index is 1.97. The monoisotopic (exact) mass is 288 g/mol. The Morgan fingerprint density at radius 2 is 2.00 bits per heavy atom. The minimum absolute atomic E-state index is 0.0569. The molecule has 0 aliphatic rings. The molecule has 8 heteroatoms. The number of benzene rings is 1. The van der Waals surface area contributed by atoms with E-state index >= 15 is 0 Å². The van der Waals surface area contributed by atoms with Crippen molar-refractivity contribution in [2.45, 2.75) is 13.5 Å². The molecule has 0 unspecified atom stereocenters. The summed E-state index contributed by atoms with van der Waals surface area (Å²) < 4.78 is 1.32. The van der Waals surface area contributed by atoms with Crippen molar-refractivity contribution in [3.05, 3.63) is 52.5 Å². The number of hydrogen-bond acceptors (Lipinski definition) is 5. The number of rotatable bonds is 5. The third-order valence-corrected chi connectivity index (χ3v) is 2.71.